The van der Waals surface area contributed by atoms with E-state index in [1.807, 2.05) is 18.2 Å². The molecule has 3 saturated heterocycles. The summed E-state index contributed by atoms with van der Waals surface area (Å²) in [4.78, 5) is 14.0. The zero-order valence-corrected chi connectivity index (χ0v) is 22.1. The maximum Gasteiger partial charge on any atom is 0.167 e. The average molecular weight is 543 g/mol. The van der Waals surface area contributed by atoms with Crippen LogP contribution in [0.5, 0.6) is 0 Å². The van der Waals surface area contributed by atoms with Crippen LogP contribution in [0.4, 0.5) is 20.2 Å². The van der Waals surface area contributed by atoms with Gasteiger partial charge in [0.2, 0.25) is 0 Å². The summed E-state index contributed by atoms with van der Waals surface area (Å²) in [5.74, 6) is 0.189. The van der Waals surface area contributed by atoms with Gasteiger partial charge in [-0.2, -0.15) is 5.26 Å². The smallest absolute Gasteiger partial charge is 0.167 e. The van der Waals surface area contributed by atoms with E-state index in [9.17, 15) is 9.65 Å². The van der Waals surface area contributed by atoms with Crippen molar-refractivity contribution in [1.29, 1.82) is 5.26 Å². The number of imidazole rings is 1. The highest BCUT2D eigenvalue weighted by Crippen LogP contribution is 2.38. The highest BCUT2D eigenvalue weighted by atomic mass is 19.1. The first-order valence-electron chi connectivity index (χ1n) is 13.5. The van der Waals surface area contributed by atoms with Crippen molar-refractivity contribution in [2.45, 2.75) is 12.5 Å². The normalized spacial score (nSPS) is 22.3. The first-order valence-corrected chi connectivity index (χ1v) is 13.5. The van der Waals surface area contributed by atoms with E-state index >= 15 is 4.39 Å². The summed E-state index contributed by atoms with van der Waals surface area (Å²) in [5.41, 5.74) is 3.42. The van der Waals surface area contributed by atoms with E-state index in [2.05, 4.69) is 14.8 Å². The molecule has 0 saturated carbocycles. The SMILES string of the molecule is CO[C@H]1CCN(c2ccc(-n3c(-c4ccc(C#N)c(F)c4)nc4c(N5CC6COCC6C5)ccnc43)c(F)c2)C1. The van der Waals surface area contributed by atoms with E-state index in [0.29, 0.717) is 40.9 Å². The number of nitriles is 1. The van der Waals surface area contributed by atoms with Gasteiger partial charge < -0.3 is 19.3 Å². The molecule has 40 heavy (non-hydrogen) atoms. The molecule has 4 aromatic rings. The zero-order valence-electron chi connectivity index (χ0n) is 22.1. The molecule has 2 aromatic heterocycles. The van der Waals surface area contributed by atoms with Crippen molar-refractivity contribution in [2.24, 2.45) is 11.8 Å². The number of benzene rings is 2. The Morgan fingerprint density at radius 3 is 2.50 bits per heavy atom. The minimum Gasteiger partial charge on any atom is -0.381 e. The van der Waals surface area contributed by atoms with Crippen molar-refractivity contribution in [3.05, 3.63) is 65.9 Å². The van der Waals surface area contributed by atoms with Gasteiger partial charge in [0.1, 0.15) is 29.0 Å². The van der Waals surface area contributed by atoms with Gasteiger partial charge in [0.15, 0.2) is 5.65 Å². The van der Waals surface area contributed by atoms with E-state index in [-0.39, 0.29) is 17.4 Å². The predicted molar refractivity (Wildman–Crippen MR) is 147 cm³/mol. The van der Waals surface area contributed by atoms with Crippen molar-refractivity contribution in [3.63, 3.8) is 0 Å². The lowest BCUT2D eigenvalue weighted by atomic mass is 10.0. The minimum absolute atomic E-state index is 0.0634. The van der Waals surface area contributed by atoms with E-state index in [4.69, 9.17) is 14.5 Å². The highest BCUT2D eigenvalue weighted by molar-refractivity contribution is 5.91. The molecule has 2 aromatic carbocycles. The first-order chi connectivity index (χ1) is 19.5. The Morgan fingerprint density at radius 1 is 0.975 bits per heavy atom. The molecule has 0 N–H and O–H groups in total. The fourth-order valence-electron chi connectivity index (χ4n) is 6.29. The molecule has 0 radical (unpaired) electrons. The molecule has 204 valence electrons. The van der Waals surface area contributed by atoms with Gasteiger partial charge in [0.05, 0.1) is 36.3 Å². The number of hydrogen-bond acceptors (Lipinski definition) is 7. The second-order valence-electron chi connectivity index (χ2n) is 10.8. The zero-order chi connectivity index (χ0) is 27.4. The molecule has 8 nitrogen and oxygen atoms in total. The molecule has 10 heteroatoms. The molecule has 0 bridgehead atoms. The van der Waals surface area contributed by atoms with E-state index in [1.165, 1.54) is 18.2 Å². The van der Waals surface area contributed by atoms with E-state index < -0.39 is 11.6 Å². The Hall–Kier alpha value is -4.07. The summed E-state index contributed by atoms with van der Waals surface area (Å²) in [7, 11) is 1.69. The summed E-state index contributed by atoms with van der Waals surface area (Å²) in [6.45, 7) is 4.68. The van der Waals surface area contributed by atoms with Gasteiger partial charge in [-0.25, -0.2) is 18.7 Å². The van der Waals surface area contributed by atoms with Crippen LogP contribution in [0.2, 0.25) is 0 Å². The van der Waals surface area contributed by atoms with Gasteiger partial charge in [-0.3, -0.25) is 4.57 Å². The van der Waals surface area contributed by atoms with Gasteiger partial charge in [-0.05, 0) is 48.9 Å². The molecule has 2 unspecified atom stereocenters. The van der Waals surface area contributed by atoms with Crippen LogP contribution < -0.4 is 9.80 Å². The Bertz CT molecular complexity index is 1640. The number of pyridine rings is 1. The molecule has 5 heterocycles. The number of methoxy groups -OCH3 is 1. The molecule has 0 amide bonds. The third-order valence-corrected chi connectivity index (χ3v) is 8.47. The Balaban J connectivity index is 1.37. The number of nitrogens with zero attached hydrogens (tertiary/aromatic N) is 6. The van der Waals surface area contributed by atoms with Gasteiger partial charge in [-0.1, -0.05) is 0 Å². The van der Waals surface area contributed by atoms with Gasteiger partial charge in [0, 0.05) is 62.6 Å². The van der Waals surface area contributed by atoms with E-state index in [1.54, 1.807) is 30.0 Å². The Kier molecular flexibility index (Phi) is 6.13. The molecule has 3 aliphatic rings. The van der Waals surface area contributed by atoms with Crippen LogP contribution in [-0.4, -0.2) is 67.1 Å². The standard InChI is InChI=1S/C30H28F2N6O2/c1-39-23-7-9-36(15-23)22-4-5-26(25(32)11-22)38-29(18-2-3-19(12-33)24(31)10-18)35-28-27(6-8-34-30(28)38)37-13-20-16-40-17-21(20)14-37/h2-6,8,10-11,20-21,23H,7,9,13-17H2,1H3/t20?,21?,23-/m0/s1. The van der Waals surface area contributed by atoms with Crippen LogP contribution in [-0.2, 0) is 9.47 Å². The first kappa shape index (κ1) is 24.9. The van der Waals surface area contributed by atoms with Crippen LogP contribution in [0, 0.1) is 34.8 Å². The molecule has 3 aliphatic heterocycles. The predicted octanol–water partition coefficient (Wildman–Crippen LogP) is 4.55. The lowest BCUT2D eigenvalue weighted by Crippen LogP contribution is -2.22. The number of fused-ring (bicyclic) bond motifs is 2. The largest absolute Gasteiger partial charge is 0.381 e. The van der Waals surface area contributed by atoms with E-state index in [0.717, 1.165) is 50.6 Å². The van der Waals surface area contributed by atoms with Crippen molar-refractivity contribution >= 4 is 22.5 Å². The van der Waals surface area contributed by atoms with Crippen molar-refractivity contribution in [3.8, 4) is 23.1 Å². The van der Waals surface area contributed by atoms with Crippen molar-refractivity contribution in [2.75, 3.05) is 56.3 Å². The number of rotatable bonds is 5. The summed E-state index contributed by atoms with van der Waals surface area (Å²) in [5, 5.41) is 9.24. The van der Waals surface area contributed by atoms with Gasteiger partial charge in [0.25, 0.3) is 0 Å². The third kappa shape index (κ3) is 4.08. The molecule has 7 rings (SSSR count). The number of aromatic nitrogens is 3. The second-order valence-corrected chi connectivity index (χ2v) is 10.8. The minimum atomic E-state index is -0.656. The van der Waals surface area contributed by atoms with Crippen molar-refractivity contribution < 1.29 is 18.3 Å². The van der Waals surface area contributed by atoms with Crippen molar-refractivity contribution in [1.82, 2.24) is 14.5 Å². The topological polar surface area (TPSA) is 79.4 Å². The summed E-state index contributed by atoms with van der Waals surface area (Å²) in [6, 6.07) is 13.3. The number of hydrogen-bond donors (Lipinski definition) is 0. The van der Waals surface area contributed by atoms with Gasteiger partial charge >= 0.3 is 0 Å². The molecular formula is C30H28F2N6O2. The molecule has 3 fully saturated rings. The summed E-state index contributed by atoms with van der Waals surface area (Å²) < 4.78 is 43.5. The van der Waals surface area contributed by atoms with Crippen LogP contribution >= 0.6 is 0 Å². The second kappa shape index (κ2) is 9.84. The Labute approximate surface area is 230 Å². The van der Waals surface area contributed by atoms with Gasteiger partial charge in [-0.15, -0.1) is 0 Å². The average Bonchev–Trinajstić information content (AvgIpc) is 3.75. The van der Waals surface area contributed by atoms with Crippen LogP contribution in [0.25, 0.3) is 28.2 Å². The molecule has 0 aliphatic carbocycles. The fourth-order valence-corrected chi connectivity index (χ4v) is 6.29. The highest BCUT2D eigenvalue weighted by Gasteiger charge is 2.38. The maximum atomic E-state index is 15.9. The molecule has 0 spiro atoms. The number of ether oxygens (including phenoxy) is 2. The quantitative estimate of drug-likeness (QED) is 0.366. The van der Waals surface area contributed by atoms with Crippen LogP contribution in [0.1, 0.15) is 12.0 Å². The van der Waals surface area contributed by atoms with Crippen LogP contribution in [0.15, 0.2) is 48.7 Å². The summed E-state index contributed by atoms with van der Waals surface area (Å²) >= 11 is 0. The lowest BCUT2D eigenvalue weighted by molar-refractivity contribution is 0.121. The Morgan fingerprint density at radius 2 is 1.80 bits per heavy atom. The number of anilines is 2. The maximum absolute atomic E-state index is 15.9. The van der Waals surface area contributed by atoms with Crippen LogP contribution in [0.3, 0.4) is 0 Å². The number of halogens is 2. The monoisotopic (exact) mass is 542 g/mol. The summed E-state index contributed by atoms with van der Waals surface area (Å²) in [6.07, 6.45) is 2.72. The fraction of sp³-hybridized carbons (Fsp3) is 0.367. The molecule has 3 atom stereocenters. The lowest BCUT2D eigenvalue weighted by Gasteiger charge is -2.20. The molecular weight excluding hydrogens is 514 g/mol. The third-order valence-electron chi connectivity index (χ3n) is 8.47.